The minimum absolute atomic E-state index is 0.0228. The van der Waals surface area contributed by atoms with Gasteiger partial charge in [-0.25, -0.2) is 0 Å². The second-order valence-electron chi connectivity index (χ2n) is 9.99. The van der Waals surface area contributed by atoms with Gasteiger partial charge in [0.05, 0.1) is 18.0 Å². The molecule has 1 aromatic heterocycles. The van der Waals surface area contributed by atoms with Crippen LogP contribution in [0.4, 0.5) is 17.2 Å². The lowest BCUT2D eigenvalue weighted by atomic mass is 9.84. The van der Waals surface area contributed by atoms with E-state index in [4.69, 9.17) is 5.73 Å². The fraction of sp³-hybridized carbons (Fsp3) is 0.357. The number of carbonyl (C=O) groups excluding carboxylic acids is 2. The SMILES string of the molecule is N#CCC1(n2cc(C(N)=O)c(NC(=O)C3CC3)n2)CCN(Cc2ccc(Nc3ccccc3)cc2)CC1. The summed E-state index contributed by atoms with van der Waals surface area (Å²) in [5.41, 5.74) is 8.51. The van der Waals surface area contributed by atoms with E-state index < -0.39 is 11.4 Å². The molecule has 0 spiro atoms. The molecule has 190 valence electrons. The second-order valence-corrected chi connectivity index (χ2v) is 9.99. The van der Waals surface area contributed by atoms with Gasteiger partial charge in [0, 0.05) is 43.1 Å². The largest absolute Gasteiger partial charge is 0.365 e. The molecule has 2 aromatic carbocycles. The summed E-state index contributed by atoms with van der Waals surface area (Å²) < 4.78 is 1.69. The molecule has 2 fully saturated rings. The van der Waals surface area contributed by atoms with Crippen molar-refractivity contribution in [3.05, 3.63) is 71.9 Å². The maximum absolute atomic E-state index is 12.3. The molecule has 1 aliphatic heterocycles. The molecule has 0 radical (unpaired) electrons. The van der Waals surface area contributed by atoms with Gasteiger partial charge in [-0.15, -0.1) is 0 Å². The van der Waals surface area contributed by atoms with Crippen molar-refractivity contribution in [2.75, 3.05) is 23.7 Å². The Bertz CT molecular complexity index is 1300. The van der Waals surface area contributed by atoms with Crippen molar-refractivity contribution < 1.29 is 9.59 Å². The predicted molar refractivity (Wildman–Crippen MR) is 141 cm³/mol. The first kappa shape index (κ1) is 24.5. The number of nitrogens with two attached hydrogens (primary N) is 1. The standard InChI is InChI=1S/C28H31N7O2/c29-15-12-28(35-19-24(25(30)36)26(33-35)32-27(37)21-8-9-21)13-16-34(17-14-28)18-20-6-10-23(11-7-20)31-22-4-2-1-3-5-22/h1-7,10-11,19,21,31H,8-9,12-14,16-18H2,(H2,30,36)(H,32,33,37). The highest BCUT2D eigenvalue weighted by Crippen LogP contribution is 2.36. The van der Waals surface area contributed by atoms with Gasteiger partial charge in [-0.1, -0.05) is 30.3 Å². The van der Waals surface area contributed by atoms with Crippen molar-refractivity contribution >= 4 is 29.0 Å². The topological polar surface area (TPSA) is 129 Å². The zero-order valence-corrected chi connectivity index (χ0v) is 20.7. The molecule has 9 heteroatoms. The van der Waals surface area contributed by atoms with Crippen molar-refractivity contribution in [2.45, 2.75) is 44.2 Å². The van der Waals surface area contributed by atoms with Gasteiger partial charge in [0.25, 0.3) is 5.91 Å². The summed E-state index contributed by atoms with van der Waals surface area (Å²) >= 11 is 0. The van der Waals surface area contributed by atoms with Crippen LogP contribution in [0, 0.1) is 17.2 Å². The van der Waals surface area contributed by atoms with Gasteiger partial charge in [-0.3, -0.25) is 19.2 Å². The Hall–Kier alpha value is -4.16. The van der Waals surface area contributed by atoms with E-state index in [0.717, 1.165) is 43.9 Å². The van der Waals surface area contributed by atoms with Gasteiger partial charge in [-0.2, -0.15) is 10.4 Å². The summed E-state index contributed by atoms with van der Waals surface area (Å²) in [6.45, 7) is 2.37. The highest BCUT2D eigenvalue weighted by Gasteiger charge is 2.39. The Morgan fingerprint density at radius 2 is 1.73 bits per heavy atom. The molecular formula is C28H31N7O2. The lowest BCUT2D eigenvalue weighted by molar-refractivity contribution is -0.117. The average Bonchev–Trinajstić information content (AvgIpc) is 3.67. The molecule has 5 rings (SSSR count). The van der Waals surface area contributed by atoms with E-state index in [2.05, 4.69) is 51.0 Å². The molecule has 4 N–H and O–H groups in total. The molecule has 3 aromatic rings. The Balaban J connectivity index is 1.24. The van der Waals surface area contributed by atoms with E-state index in [1.807, 2.05) is 30.3 Å². The van der Waals surface area contributed by atoms with Crippen LogP contribution in [0.15, 0.2) is 60.8 Å². The highest BCUT2D eigenvalue weighted by atomic mass is 16.2. The number of carbonyl (C=O) groups is 2. The summed E-state index contributed by atoms with van der Waals surface area (Å²) in [7, 11) is 0. The minimum Gasteiger partial charge on any atom is -0.365 e. The van der Waals surface area contributed by atoms with E-state index in [9.17, 15) is 14.9 Å². The summed E-state index contributed by atoms with van der Waals surface area (Å²) in [5.74, 6) is -0.618. The molecule has 2 aliphatic rings. The molecule has 2 amide bonds. The fourth-order valence-electron chi connectivity index (χ4n) is 4.86. The summed E-state index contributed by atoms with van der Waals surface area (Å²) in [6.07, 6.45) is 4.94. The van der Waals surface area contributed by atoms with Crippen LogP contribution in [0.1, 0.15) is 48.0 Å². The number of hydrogen-bond acceptors (Lipinski definition) is 6. The van der Waals surface area contributed by atoms with Crippen LogP contribution < -0.4 is 16.4 Å². The van der Waals surface area contributed by atoms with E-state index >= 15 is 0 Å². The van der Waals surface area contributed by atoms with E-state index in [1.165, 1.54) is 5.56 Å². The van der Waals surface area contributed by atoms with Crippen molar-refractivity contribution in [3.63, 3.8) is 0 Å². The maximum Gasteiger partial charge on any atom is 0.254 e. The third-order valence-electron chi connectivity index (χ3n) is 7.27. The fourth-order valence-corrected chi connectivity index (χ4v) is 4.86. The summed E-state index contributed by atoms with van der Waals surface area (Å²) in [4.78, 5) is 26.7. The number of nitriles is 1. The van der Waals surface area contributed by atoms with Crippen LogP contribution in [0.5, 0.6) is 0 Å². The zero-order valence-electron chi connectivity index (χ0n) is 20.7. The quantitative estimate of drug-likeness (QED) is 0.410. The molecule has 1 aliphatic carbocycles. The van der Waals surface area contributed by atoms with Gasteiger partial charge in [-0.05, 0) is 55.5 Å². The van der Waals surface area contributed by atoms with E-state index in [1.54, 1.807) is 10.9 Å². The van der Waals surface area contributed by atoms with Crippen LogP contribution in [0.3, 0.4) is 0 Å². The van der Waals surface area contributed by atoms with Crippen molar-refractivity contribution in [2.24, 2.45) is 11.7 Å². The molecule has 1 saturated heterocycles. The Kier molecular flexibility index (Phi) is 6.93. The number of rotatable bonds is 9. The highest BCUT2D eigenvalue weighted by molar-refractivity contribution is 6.02. The van der Waals surface area contributed by atoms with Crippen LogP contribution in [-0.2, 0) is 16.9 Å². The average molecular weight is 498 g/mol. The summed E-state index contributed by atoms with van der Waals surface area (Å²) in [5, 5.41) is 20.3. The first-order valence-corrected chi connectivity index (χ1v) is 12.7. The number of anilines is 3. The van der Waals surface area contributed by atoms with Crippen molar-refractivity contribution in [3.8, 4) is 6.07 Å². The number of primary amides is 1. The predicted octanol–water partition coefficient (Wildman–Crippen LogP) is 3.98. The first-order valence-electron chi connectivity index (χ1n) is 12.7. The van der Waals surface area contributed by atoms with Crippen LogP contribution in [0.2, 0.25) is 0 Å². The third-order valence-corrected chi connectivity index (χ3v) is 7.27. The second kappa shape index (κ2) is 10.4. The number of amides is 2. The monoisotopic (exact) mass is 497 g/mol. The van der Waals surface area contributed by atoms with Crippen molar-refractivity contribution in [1.82, 2.24) is 14.7 Å². The van der Waals surface area contributed by atoms with Gasteiger partial charge in [0.1, 0.15) is 5.56 Å². The molecule has 2 heterocycles. The zero-order chi connectivity index (χ0) is 25.8. The summed E-state index contributed by atoms with van der Waals surface area (Å²) in [6, 6.07) is 20.8. The van der Waals surface area contributed by atoms with Crippen LogP contribution in [-0.4, -0.2) is 39.6 Å². The maximum atomic E-state index is 12.3. The third kappa shape index (κ3) is 5.65. The number of para-hydroxylation sites is 1. The van der Waals surface area contributed by atoms with E-state index in [-0.39, 0.29) is 29.6 Å². The Labute approximate surface area is 216 Å². The number of benzene rings is 2. The molecule has 1 saturated carbocycles. The number of aromatic nitrogens is 2. The molecule has 0 unspecified atom stereocenters. The van der Waals surface area contributed by atoms with Gasteiger partial charge in [0.2, 0.25) is 5.91 Å². The number of likely N-dealkylation sites (tertiary alicyclic amines) is 1. The van der Waals surface area contributed by atoms with Gasteiger partial charge in [0.15, 0.2) is 5.82 Å². The molecule has 0 atom stereocenters. The lowest BCUT2D eigenvalue weighted by Gasteiger charge is -2.40. The van der Waals surface area contributed by atoms with Crippen LogP contribution in [0.25, 0.3) is 0 Å². The van der Waals surface area contributed by atoms with Gasteiger partial charge < -0.3 is 16.4 Å². The smallest absolute Gasteiger partial charge is 0.254 e. The number of piperidine rings is 1. The Morgan fingerprint density at radius 1 is 1.05 bits per heavy atom. The van der Waals surface area contributed by atoms with Crippen LogP contribution >= 0.6 is 0 Å². The molecule has 0 bridgehead atoms. The van der Waals surface area contributed by atoms with E-state index in [0.29, 0.717) is 12.8 Å². The molecule has 37 heavy (non-hydrogen) atoms. The van der Waals surface area contributed by atoms with Crippen molar-refractivity contribution in [1.29, 1.82) is 5.26 Å². The number of nitrogens with one attached hydrogen (secondary N) is 2. The molecule has 9 nitrogen and oxygen atoms in total. The molecular weight excluding hydrogens is 466 g/mol. The number of nitrogens with zero attached hydrogens (tertiary/aromatic N) is 4. The lowest BCUT2D eigenvalue weighted by Crippen LogP contribution is -2.46. The number of hydrogen-bond donors (Lipinski definition) is 3. The Morgan fingerprint density at radius 3 is 2.35 bits per heavy atom. The minimum atomic E-state index is -0.646. The normalized spacial score (nSPS) is 17.1. The first-order chi connectivity index (χ1) is 18.0. The van der Waals surface area contributed by atoms with Gasteiger partial charge >= 0.3 is 0 Å².